The van der Waals surface area contributed by atoms with Gasteiger partial charge in [0.15, 0.2) is 11.6 Å². The van der Waals surface area contributed by atoms with Crippen molar-refractivity contribution in [1.29, 1.82) is 0 Å². The van der Waals surface area contributed by atoms with Crippen LogP contribution < -0.4 is 0 Å². The number of hydrogen-bond donors (Lipinski definition) is 2. The maximum Gasteiger partial charge on any atom is 0.163 e. The van der Waals surface area contributed by atoms with Crippen LogP contribution in [-0.2, 0) is 9.59 Å². The lowest BCUT2D eigenvalue weighted by Gasteiger charge is -2.07. The molecule has 0 saturated carbocycles. The van der Waals surface area contributed by atoms with Gasteiger partial charge in [-0.25, -0.2) is 0 Å². The van der Waals surface area contributed by atoms with Gasteiger partial charge in [-0.1, -0.05) is 60.7 Å². The first kappa shape index (κ1) is 20.1. The highest BCUT2D eigenvalue weighted by molar-refractivity contribution is 6.11. The van der Waals surface area contributed by atoms with Crippen LogP contribution in [0.5, 0.6) is 5.75 Å². The van der Waals surface area contributed by atoms with Crippen LogP contribution in [0.2, 0.25) is 0 Å². The van der Waals surface area contributed by atoms with Gasteiger partial charge in [-0.3, -0.25) is 9.59 Å². The van der Waals surface area contributed by atoms with E-state index in [9.17, 15) is 14.7 Å². The standard InChI is InChI=1S/C27H21NO3/c29-23-12-13-26(20-4-2-1-3-5-20)22(17-23)9-11-25(31)18-24(30)10-7-19-6-8-21-14-15-28-27(21)16-19/h1-17,28-29H,18H2/b10-7+,11-9+. The SMILES string of the molecule is O=C(/C=C/c1ccc2cc[nH]c2c1)CC(=O)/C=C/c1cc(O)ccc1-c1ccccc1. The van der Waals surface area contributed by atoms with Gasteiger partial charge >= 0.3 is 0 Å². The lowest BCUT2D eigenvalue weighted by Crippen LogP contribution is -2.02. The van der Waals surface area contributed by atoms with E-state index in [-0.39, 0.29) is 23.7 Å². The molecule has 4 nitrogen and oxygen atoms in total. The summed E-state index contributed by atoms with van der Waals surface area (Å²) < 4.78 is 0. The summed E-state index contributed by atoms with van der Waals surface area (Å²) in [5, 5.41) is 10.9. The molecule has 2 N–H and O–H groups in total. The molecule has 4 rings (SSSR count). The molecule has 0 aliphatic carbocycles. The molecule has 0 fully saturated rings. The Balaban J connectivity index is 1.43. The Bertz CT molecular complexity index is 1300. The number of rotatable bonds is 7. The van der Waals surface area contributed by atoms with E-state index in [2.05, 4.69) is 4.98 Å². The van der Waals surface area contributed by atoms with E-state index in [1.165, 1.54) is 12.2 Å². The maximum absolute atomic E-state index is 12.3. The zero-order valence-electron chi connectivity index (χ0n) is 16.8. The van der Waals surface area contributed by atoms with Crippen molar-refractivity contribution >= 4 is 34.6 Å². The highest BCUT2D eigenvalue weighted by Crippen LogP contribution is 2.28. The molecule has 3 aromatic carbocycles. The van der Waals surface area contributed by atoms with Crippen LogP contribution in [0.25, 0.3) is 34.2 Å². The van der Waals surface area contributed by atoms with E-state index in [0.29, 0.717) is 5.56 Å². The first-order valence-corrected chi connectivity index (χ1v) is 9.96. The smallest absolute Gasteiger partial charge is 0.163 e. The van der Waals surface area contributed by atoms with Gasteiger partial charge in [0.2, 0.25) is 0 Å². The molecule has 0 radical (unpaired) electrons. The number of carbonyl (C=O) groups is 2. The number of aromatic hydroxyl groups is 1. The van der Waals surface area contributed by atoms with Crippen molar-refractivity contribution in [2.45, 2.75) is 6.42 Å². The molecule has 0 atom stereocenters. The Kier molecular flexibility index (Phi) is 5.90. The predicted molar refractivity (Wildman–Crippen MR) is 125 cm³/mol. The van der Waals surface area contributed by atoms with Crippen molar-refractivity contribution in [3.63, 3.8) is 0 Å². The Morgan fingerprint density at radius 3 is 2.42 bits per heavy atom. The summed E-state index contributed by atoms with van der Waals surface area (Å²) in [6.07, 6.45) is 7.82. The predicted octanol–water partition coefficient (Wildman–Crippen LogP) is 5.80. The van der Waals surface area contributed by atoms with Gasteiger partial charge in [0.05, 0.1) is 6.42 Å². The monoisotopic (exact) mass is 407 g/mol. The number of phenols is 1. The molecule has 4 aromatic rings. The van der Waals surface area contributed by atoms with E-state index in [4.69, 9.17) is 0 Å². The van der Waals surface area contributed by atoms with Gasteiger partial charge < -0.3 is 10.1 Å². The first-order chi connectivity index (χ1) is 15.1. The summed E-state index contributed by atoms with van der Waals surface area (Å²) in [4.78, 5) is 27.6. The van der Waals surface area contributed by atoms with Crippen molar-refractivity contribution in [3.8, 4) is 16.9 Å². The number of aromatic amines is 1. The van der Waals surface area contributed by atoms with Gasteiger partial charge in [0.25, 0.3) is 0 Å². The summed E-state index contributed by atoms with van der Waals surface area (Å²) >= 11 is 0. The van der Waals surface area contributed by atoms with Crippen molar-refractivity contribution in [2.24, 2.45) is 0 Å². The zero-order chi connectivity index (χ0) is 21.6. The van der Waals surface area contributed by atoms with Gasteiger partial charge in [0, 0.05) is 11.7 Å². The lowest BCUT2D eigenvalue weighted by atomic mass is 9.98. The molecule has 0 unspecified atom stereocenters. The Morgan fingerprint density at radius 1 is 0.839 bits per heavy atom. The molecule has 152 valence electrons. The third-order valence-electron chi connectivity index (χ3n) is 4.96. The van der Waals surface area contributed by atoms with Crippen molar-refractivity contribution in [1.82, 2.24) is 4.98 Å². The van der Waals surface area contributed by atoms with E-state index in [1.54, 1.807) is 24.3 Å². The third-order valence-corrected chi connectivity index (χ3v) is 4.96. The molecule has 0 aliphatic rings. The number of hydrogen-bond acceptors (Lipinski definition) is 3. The summed E-state index contributed by atoms with van der Waals surface area (Å²) in [5.41, 5.74) is 4.47. The Hall–Kier alpha value is -4.18. The van der Waals surface area contributed by atoms with Crippen LogP contribution in [0.4, 0.5) is 0 Å². The summed E-state index contributed by atoms with van der Waals surface area (Å²) in [5.74, 6) is -0.443. The molecule has 0 amide bonds. The number of fused-ring (bicyclic) bond motifs is 1. The van der Waals surface area contributed by atoms with Gasteiger partial charge in [-0.2, -0.15) is 0 Å². The van der Waals surface area contributed by atoms with Crippen LogP contribution in [0, 0.1) is 0 Å². The minimum Gasteiger partial charge on any atom is -0.508 e. The van der Waals surface area contributed by atoms with E-state index >= 15 is 0 Å². The van der Waals surface area contributed by atoms with Crippen LogP contribution >= 0.6 is 0 Å². The molecule has 1 aromatic heterocycles. The van der Waals surface area contributed by atoms with E-state index < -0.39 is 0 Å². The molecule has 0 bridgehead atoms. The second kappa shape index (κ2) is 9.09. The second-order valence-electron chi connectivity index (χ2n) is 7.24. The molecular formula is C27H21NO3. The fourth-order valence-corrected chi connectivity index (χ4v) is 3.40. The number of nitrogens with one attached hydrogen (secondary N) is 1. The third kappa shape index (κ3) is 5.06. The van der Waals surface area contributed by atoms with Gasteiger partial charge in [-0.15, -0.1) is 0 Å². The van der Waals surface area contributed by atoms with Crippen molar-refractivity contribution in [3.05, 3.63) is 102 Å². The zero-order valence-corrected chi connectivity index (χ0v) is 16.8. The lowest BCUT2D eigenvalue weighted by molar-refractivity contribution is -0.121. The maximum atomic E-state index is 12.3. The van der Waals surface area contributed by atoms with Crippen LogP contribution in [-0.4, -0.2) is 21.7 Å². The van der Waals surface area contributed by atoms with E-state index in [0.717, 1.165) is 27.6 Å². The fraction of sp³-hybridized carbons (Fsp3) is 0.0370. The quantitative estimate of drug-likeness (QED) is 0.301. The number of H-pyrrole nitrogens is 1. The normalized spacial score (nSPS) is 11.5. The minimum absolute atomic E-state index is 0.116. The van der Waals surface area contributed by atoms with Gasteiger partial charge in [-0.05, 0) is 64.1 Å². The molecular weight excluding hydrogens is 386 g/mol. The molecule has 4 heteroatoms. The Morgan fingerprint density at radius 2 is 1.61 bits per heavy atom. The number of allylic oxidation sites excluding steroid dienone is 2. The highest BCUT2D eigenvalue weighted by Gasteiger charge is 2.07. The van der Waals surface area contributed by atoms with E-state index in [1.807, 2.05) is 66.9 Å². The number of phenolic OH excluding ortho intramolecular Hbond substituents is 1. The van der Waals surface area contributed by atoms with Crippen molar-refractivity contribution in [2.75, 3.05) is 0 Å². The number of carbonyl (C=O) groups excluding carboxylic acids is 2. The topological polar surface area (TPSA) is 70.2 Å². The van der Waals surface area contributed by atoms with Crippen LogP contribution in [0.1, 0.15) is 17.5 Å². The minimum atomic E-state index is -0.295. The number of benzene rings is 3. The number of ketones is 2. The molecule has 1 heterocycles. The van der Waals surface area contributed by atoms with Crippen LogP contribution in [0.3, 0.4) is 0 Å². The van der Waals surface area contributed by atoms with Crippen molar-refractivity contribution < 1.29 is 14.7 Å². The number of aromatic nitrogens is 1. The molecule has 31 heavy (non-hydrogen) atoms. The fourth-order valence-electron chi connectivity index (χ4n) is 3.40. The summed E-state index contributed by atoms with van der Waals surface area (Å²) in [7, 11) is 0. The first-order valence-electron chi connectivity index (χ1n) is 9.96. The van der Waals surface area contributed by atoms with Gasteiger partial charge in [0.1, 0.15) is 5.75 Å². The molecule has 0 spiro atoms. The molecule has 0 saturated heterocycles. The largest absolute Gasteiger partial charge is 0.508 e. The highest BCUT2D eigenvalue weighted by atomic mass is 16.3. The summed E-state index contributed by atoms with van der Waals surface area (Å²) in [6.45, 7) is 0. The average molecular weight is 407 g/mol. The average Bonchev–Trinajstić information content (AvgIpc) is 3.25. The molecule has 0 aliphatic heterocycles. The second-order valence-corrected chi connectivity index (χ2v) is 7.24. The summed E-state index contributed by atoms with van der Waals surface area (Å²) in [6, 6.07) is 22.6. The van der Waals surface area contributed by atoms with Crippen LogP contribution in [0.15, 0.2) is 91.1 Å². The Labute approximate surface area is 180 Å².